The number of hydrogen-bond acceptors (Lipinski definition) is 2. The number of ketones is 1. The highest BCUT2D eigenvalue weighted by Crippen LogP contribution is 2.31. The van der Waals surface area contributed by atoms with Crippen LogP contribution >= 0.6 is 11.6 Å². The van der Waals surface area contributed by atoms with Gasteiger partial charge in [-0.2, -0.15) is 5.10 Å². The van der Waals surface area contributed by atoms with Gasteiger partial charge in [0.25, 0.3) is 0 Å². The Hall–Kier alpha value is -0.830. The van der Waals surface area contributed by atoms with Crippen LogP contribution in [0.25, 0.3) is 0 Å². The zero-order valence-electron chi connectivity index (χ0n) is 11.3. The summed E-state index contributed by atoms with van der Waals surface area (Å²) in [5.41, 5.74) is 1.83. The summed E-state index contributed by atoms with van der Waals surface area (Å²) >= 11 is 6.27. The molecule has 0 aliphatic rings. The molecule has 1 heterocycles. The van der Waals surface area contributed by atoms with E-state index < -0.39 is 0 Å². The predicted molar refractivity (Wildman–Crippen MR) is 70.4 cm³/mol. The second kappa shape index (κ2) is 5.21. The third-order valence-electron chi connectivity index (χ3n) is 2.83. The Kier molecular flexibility index (Phi) is 4.36. The fourth-order valence-corrected chi connectivity index (χ4v) is 2.43. The molecule has 0 saturated carbocycles. The Morgan fingerprint density at radius 1 is 1.47 bits per heavy atom. The molecule has 17 heavy (non-hydrogen) atoms. The van der Waals surface area contributed by atoms with Crippen molar-refractivity contribution in [2.45, 2.75) is 54.0 Å². The van der Waals surface area contributed by atoms with Crippen LogP contribution in [0.2, 0.25) is 5.02 Å². The van der Waals surface area contributed by atoms with E-state index in [1.165, 1.54) is 0 Å². The van der Waals surface area contributed by atoms with E-state index in [-0.39, 0.29) is 11.2 Å². The van der Waals surface area contributed by atoms with Crippen LogP contribution in [0.5, 0.6) is 0 Å². The molecule has 0 aliphatic carbocycles. The van der Waals surface area contributed by atoms with Gasteiger partial charge in [0, 0.05) is 13.0 Å². The van der Waals surface area contributed by atoms with Crippen molar-refractivity contribution < 1.29 is 4.79 Å². The number of aromatic nitrogens is 2. The highest BCUT2D eigenvalue weighted by molar-refractivity contribution is 6.31. The Balaban J connectivity index is 2.97. The molecule has 3 nitrogen and oxygen atoms in total. The van der Waals surface area contributed by atoms with Crippen LogP contribution in [0.3, 0.4) is 0 Å². The van der Waals surface area contributed by atoms with E-state index in [4.69, 9.17) is 11.6 Å². The molecule has 0 bridgehead atoms. The van der Waals surface area contributed by atoms with Crippen molar-refractivity contribution in [2.75, 3.05) is 0 Å². The number of aryl methyl sites for hydroxylation is 2. The van der Waals surface area contributed by atoms with Crippen molar-refractivity contribution in [3.63, 3.8) is 0 Å². The second-order valence-corrected chi connectivity index (χ2v) is 5.76. The van der Waals surface area contributed by atoms with Crippen LogP contribution < -0.4 is 0 Å². The van der Waals surface area contributed by atoms with Gasteiger partial charge in [-0.05, 0) is 32.6 Å². The van der Waals surface area contributed by atoms with Crippen molar-refractivity contribution in [3.05, 3.63) is 16.4 Å². The Morgan fingerprint density at radius 2 is 2.06 bits per heavy atom. The molecule has 0 spiro atoms. The molecule has 0 aliphatic heterocycles. The van der Waals surface area contributed by atoms with Crippen LogP contribution in [0.15, 0.2) is 0 Å². The van der Waals surface area contributed by atoms with Gasteiger partial charge in [0.2, 0.25) is 0 Å². The Labute approximate surface area is 108 Å². The minimum Gasteiger partial charge on any atom is -0.300 e. The zero-order chi connectivity index (χ0) is 13.2. The monoisotopic (exact) mass is 256 g/mol. The Morgan fingerprint density at radius 3 is 2.53 bits per heavy atom. The topological polar surface area (TPSA) is 34.9 Å². The molecule has 0 saturated heterocycles. The maximum atomic E-state index is 11.2. The highest BCUT2D eigenvalue weighted by Gasteiger charge is 2.25. The molecule has 0 unspecified atom stereocenters. The van der Waals surface area contributed by atoms with Crippen molar-refractivity contribution in [2.24, 2.45) is 5.41 Å². The van der Waals surface area contributed by atoms with Crippen LogP contribution in [0.4, 0.5) is 0 Å². The molecule has 1 aromatic heterocycles. The summed E-state index contributed by atoms with van der Waals surface area (Å²) in [5, 5.41) is 5.13. The van der Waals surface area contributed by atoms with E-state index in [0.29, 0.717) is 6.42 Å². The second-order valence-electron chi connectivity index (χ2n) is 5.38. The van der Waals surface area contributed by atoms with Gasteiger partial charge >= 0.3 is 0 Å². The maximum absolute atomic E-state index is 11.2. The first-order valence-corrected chi connectivity index (χ1v) is 6.36. The van der Waals surface area contributed by atoms with E-state index in [2.05, 4.69) is 18.9 Å². The van der Waals surface area contributed by atoms with Gasteiger partial charge in [-0.25, -0.2) is 0 Å². The molecule has 0 N–H and O–H groups in total. The van der Waals surface area contributed by atoms with E-state index >= 15 is 0 Å². The van der Waals surface area contributed by atoms with Crippen LogP contribution in [0.1, 0.15) is 45.5 Å². The zero-order valence-corrected chi connectivity index (χ0v) is 12.1. The third-order valence-corrected chi connectivity index (χ3v) is 3.32. The lowest BCUT2D eigenvalue weighted by atomic mass is 9.83. The normalized spacial score (nSPS) is 11.9. The van der Waals surface area contributed by atoms with Gasteiger partial charge in [-0.1, -0.05) is 25.4 Å². The number of carbonyl (C=O) groups is 1. The number of hydrogen-bond donors (Lipinski definition) is 0. The summed E-state index contributed by atoms with van der Waals surface area (Å²) in [5.74, 6) is 0.213. The number of Topliss-reactive ketones (excluding diaryl/α,β-unsaturated/α-hetero) is 1. The van der Waals surface area contributed by atoms with Crippen LogP contribution in [-0.4, -0.2) is 15.6 Å². The number of nitrogens with zero attached hydrogens (tertiary/aromatic N) is 2. The lowest BCUT2D eigenvalue weighted by molar-refractivity contribution is -0.118. The fraction of sp³-hybridized carbons (Fsp3) is 0.692. The number of rotatable bonds is 5. The summed E-state index contributed by atoms with van der Waals surface area (Å²) in [7, 11) is 0. The summed E-state index contributed by atoms with van der Waals surface area (Å²) in [6.45, 7) is 10.6. The molecule has 0 fully saturated rings. The third kappa shape index (κ3) is 3.56. The van der Waals surface area contributed by atoms with E-state index in [9.17, 15) is 4.79 Å². The summed E-state index contributed by atoms with van der Waals surface area (Å²) in [6.07, 6.45) is 1.34. The molecule has 0 radical (unpaired) electrons. The average molecular weight is 257 g/mol. The van der Waals surface area contributed by atoms with Gasteiger partial charge in [0.05, 0.1) is 16.4 Å². The van der Waals surface area contributed by atoms with E-state index in [1.54, 1.807) is 6.92 Å². The SMILES string of the molecule is CCn1nc(C)c(Cl)c1CC(C)(C)CC(C)=O. The average Bonchev–Trinajstić information content (AvgIpc) is 2.43. The molecule has 4 heteroatoms. The fourth-order valence-electron chi connectivity index (χ4n) is 2.23. The van der Waals surface area contributed by atoms with Crippen LogP contribution in [0, 0.1) is 12.3 Å². The minimum absolute atomic E-state index is 0.0745. The Bertz CT molecular complexity index is 421. The molecule has 0 atom stereocenters. The van der Waals surface area contributed by atoms with Gasteiger partial charge in [-0.15, -0.1) is 0 Å². The first kappa shape index (κ1) is 14.2. The van der Waals surface area contributed by atoms with Crippen molar-refractivity contribution in [3.8, 4) is 0 Å². The molecular weight excluding hydrogens is 236 g/mol. The molecule has 0 aromatic carbocycles. The minimum atomic E-state index is -0.0745. The molecular formula is C13H21ClN2O. The van der Waals surface area contributed by atoms with Gasteiger partial charge in [0.15, 0.2) is 0 Å². The smallest absolute Gasteiger partial charge is 0.130 e. The van der Waals surface area contributed by atoms with Gasteiger partial charge in [0.1, 0.15) is 5.78 Å². The summed E-state index contributed by atoms with van der Waals surface area (Å²) in [6, 6.07) is 0. The van der Waals surface area contributed by atoms with Crippen molar-refractivity contribution in [1.82, 2.24) is 9.78 Å². The van der Waals surface area contributed by atoms with E-state index in [0.717, 1.165) is 29.4 Å². The summed E-state index contributed by atoms with van der Waals surface area (Å²) < 4.78 is 1.93. The molecule has 0 amide bonds. The van der Waals surface area contributed by atoms with Gasteiger partial charge in [-0.3, -0.25) is 4.68 Å². The first-order chi connectivity index (χ1) is 7.76. The highest BCUT2D eigenvalue weighted by atomic mass is 35.5. The first-order valence-electron chi connectivity index (χ1n) is 5.98. The number of halogens is 1. The predicted octanol–water partition coefficient (Wildman–Crippen LogP) is 3.41. The summed E-state index contributed by atoms with van der Waals surface area (Å²) in [4.78, 5) is 11.2. The lowest BCUT2D eigenvalue weighted by Crippen LogP contribution is -2.21. The molecule has 1 aromatic rings. The number of carbonyl (C=O) groups excluding carboxylic acids is 1. The van der Waals surface area contributed by atoms with E-state index in [1.807, 2.05) is 18.5 Å². The van der Waals surface area contributed by atoms with Crippen LogP contribution in [-0.2, 0) is 17.8 Å². The quantitative estimate of drug-likeness (QED) is 0.809. The van der Waals surface area contributed by atoms with Crippen molar-refractivity contribution in [1.29, 1.82) is 0 Å². The standard InChI is InChI=1S/C13H21ClN2O/c1-6-16-11(12(14)10(3)15-16)8-13(4,5)7-9(2)17/h6-8H2,1-5H3. The lowest BCUT2D eigenvalue weighted by Gasteiger charge is -2.23. The molecule has 96 valence electrons. The largest absolute Gasteiger partial charge is 0.300 e. The van der Waals surface area contributed by atoms with Crippen molar-refractivity contribution >= 4 is 17.4 Å². The molecule has 1 rings (SSSR count). The van der Waals surface area contributed by atoms with Gasteiger partial charge < -0.3 is 4.79 Å². The maximum Gasteiger partial charge on any atom is 0.130 e.